The Labute approximate surface area is 79.8 Å². The van der Waals surface area contributed by atoms with Gasteiger partial charge in [-0.25, -0.2) is 0 Å². The normalized spacial score (nSPS) is 8.08. The summed E-state index contributed by atoms with van der Waals surface area (Å²) < 4.78 is 0. The van der Waals surface area contributed by atoms with Crippen LogP contribution in [-0.2, 0) is 0 Å². The Hall–Kier alpha value is -1.96. The molecule has 4 heteroatoms. The molecule has 0 aromatic heterocycles. The predicted molar refractivity (Wildman–Crippen MR) is 47.3 cm³/mol. The van der Waals surface area contributed by atoms with E-state index in [-0.39, 0.29) is 0 Å². The van der Waals surface area contributed by atoms with E-state index in [0.29, 0.717) is 16.0 Å². The molecule has 0 radical (unpaired) electrons. The molecule has 0 aliphatic rings. The Balaban J connectivity index is 3.21. The molecule has 0 heterocycles. The summed E-state index contributed by atoms with van der Waals surface area (Å²) in [6.45, 7) is 0. The van der Waals surface area contributed by atoms with Crippen molar-refractivity contribution in [1.82, 2.24) is 0 Å². The smallest absolute Gasteiger partial charge is 0.138 e. The number of benzene rings is 1. The first-order valence-corrected chi connectivity index (χ1v) is 4.13. The van der Waals surface area contributed by atoms with Gasteiger partial charge in [-0.1, -0.05) is 0 Å². The molecule has 0 saturated heterocycles. The summed E-state index contributed by atoms with van der Waals surface area (Å²) in [5, 5.41) is 27.5. The fourth-order valence-electron chi connectivity index (χ4n) is 0.825. The summed E-state index contributed by atoms with van der Waals surface area (Å²) in [6.07, 6.45) is 0. The number of nitrogens with zero attached hydrogens (tertiary/aromatic N) is 3. The standard InChI is InChI=1S/C9H3N3S/c10-4-7-1-2-9(13-6-12)8(3-7)5-11/h1-3H. The first kappa shape index (κ1) is 9.13. The molecule has 0 atom stereocenters. The molecular weight excluding hydrogens is 182 g/mol. The van der Waals surface area contributed by atoms with E-state index in [1.807, 2.05) is 17.5 Å². The molecule has 0 N–H and O–H groups in total. The van der Waals surface area contributed by atoms with Crippen LogP contribution in [-0.4, -0.2) is 0 Å². The minimum absolute atomic E-state index is 0.366. The van der Waals surface area contributed by atoms with Gasteiger partial charge in [0.2, 0.25) is 0 Å². The number of thiocyanates is 1. The van der Waals surface area contributed by atoms with Crippen LogP contribution in [0.1, 0.15) is 11.1 Å². The molecule has 1 aromatic carbocycles. The maximum absolute atomic E-state index is 8.68. The third-order valence-electron chi connectivity index (χ3n) is 1.38. The Kier molecular flexibility index (Phi) is 2.92. The largest absolute Gasteiger partial charge is 0.192 e. The van der Waals surface area contributed by atoms with Crippen molar-refractivity contribution >= 4 is 11.8 Å². The van der Waals surface area contributed by atoms with E-state index < -0.39 is 0 Å². The van der Waals surface area contributed by atoms with Crippen molar-refractivity contribution in [2.75, 3.05) is 0 Å². The lowest BCUT2D eigenvalue weighted by Gasteiger charge is -1.96. The maximum Gasteiger partial charge on any atom is 0.138 e. The molecule has 0 aliphatic heterocycles. The second-order valence-electron chi connectivity index (χ2n) is 2.13. The van der Waals surface area contributed by atoms with Gasteiger partial charge >= 0.3 is 0 Å². The summed E-state index contributed by atoms with van der Waals surface area (Å²) in [5.74, 6) is 0. The SMILES string of the molecule is N#CSc1ccc(C#N)cc1C#N. The van der Waals surface area contributed by atoms with Crippen molar-refractivity contribution in [3.8, 4) is 17.5 Å². The summed E-state index contributed by atoms with van der Waals surface area (Å²) in [5.41, 5.74) is 0.796. The summed E-state index contributed by atoms with van der Waals surface area (Å²) in [6, 6.07) is 8.52. The maximum atomic E-state index is 8.68. The van der Waals surface area contributed by atoms with Crippen molar-refractivity contribution in [2.45, 2.75) is 4.90 Å². The molecule has 13 heavy (non-hydrogen) atoms. The topological polar surface area (TPSA) is 71.4 Å². The van der Waals surface area contributed by atoms with E-state index in [4.69, 9.17) is 15.8 Å². The fraction of sp³-hybridized carbons (Fsp3) is 0. The van der Waals surface area contributed by atoms with Crippen LogP contribution in [0.3, 0.4) is 0 Å². The predicted octanol–water partition coefficient (Wildman–Crippen LogP) is 2.00. The number of nitriles is 3. The highest BCUT2D eigenvalue weighted by Crippen LogP contribution is 2.21. The second kappa shape index (κ2) is 4.16. The van der Waals surface area contributed by atoms with Crippen molar-refractivity contribution in [1.29, 1.82) is 15.8 Å². The van der Waals surface area contributed by atoms with E-state index in [9.17, 15) is 0 Å². The van der Waals surface area contributed by atoms with Crippen LogP contribution in [0, 0.1) is 33.3 Å². The lowest BCUT2D eigenvalue weighted by atomic mass is 10.1. The fourth-order valence-corrected chi connectivity index (χ4v) is 1.27. The van der Waals surface area contributed by atoms with Gasteiger partial charge in [-0.2, -0.15) is 15.8 Å². The molecule has 3 nitrogen and oxygen atoms in total. The molecule has 60 valence electrons. The average Bonchev–Trinajstić information content (AvgIpc) is 2.19. The van der Waals surface area contributed by atoms with Crippen LogP contribution < -0.4 is 0 Å². The van der Waals surface area contributed by atoms with E-state index in [0.717, 1.165) is 11.8 Å². The second-order valence-corrected chi connectivity index (χ2v) is 2.95. The highest BCUT2D eigenvalue weighted by atomic mass is 32.2. The van der Waals surface area contributed by atoms with Crippen molar-refractivity contribution < 1.29 is 0 Å². The highest BCUT2D eigenvalue weighted by Gasteiger charge is 2.03. The van der Waals surface area contributed by atoms with E-state index in [2.05, 4.69) is 0 Å². The van der Waals surface area contributed by atoms with Gasteiger partial charge in [0.15, 0.2) is 0 Å². The molecule has 0 fully saturated rings. The van der Waals surface area contributed by atoms with Crippen molar-refractivity contribution in [3.05, 3.63) is 29.3 Å². The minimum atomic E-state index is 0.366. The van der Waals surface area contributed by atoms with Gasteiger partial charge in [0.25, 0.3) is 0 Å². The van der Waals surface area contributed by atoms with E-state index in [1.54, 1.807) is 12.1 Å². The first-order valence-electron chi connectivity index (χ1n) is 3.32. The molecule has 0 bridgehead atoms. The quantitative estimate of drug-likeness (QED) is 0.495. The lowest BCUT2D eigenvalue weighted by Crippen LogP contribution is -1.82. The van der Waals surface area contributed by atoms with E-state index in [1.165, 1.54) is 6.07 Å². The third-order valence-corrected chi connectivity index (χ3v) is 2.05. The average molecular weight is 185 g/mol. The molecule has 0 amide bonds. The van der Waals surface area contributed by atoms with Crippen molar-refractivity contribution in [2.24, 2.45) is 0 Å². The van der Waals surface area contributed by atoms with Gasteiger partial charge in [0.05, 0.1) is 17.2 Å². The molecule has 1 rings (SSSR count). The number of rotatable bonds is 1. The molecule has 0 unspecified atom stereocenters. The number of thioether (sulfide) groups is 1. The zero-order valence-electron chi connectivity index (χ0n) is 6.48. The van der Waals surface area contributed by atoms with Crippen molar-refractivity contribution in [3.63, 3.8) is 0 Å². The summed E-state index contributed by atoms with van der Waals surface area (Å²) in [4.78, 5) is 0.587. The Bertz CT molecular complexity index is 445. The monoisotopic (exact) mass is 185 g/mol. The zero-order valence-corrected chi connectivity index (χ0v) is 7.30. The lowest BCUT2D eigenvalue weighted by molar-refractivity contribution is 1.35. The minimum Gasteiger partial charge on any atom is -0.192 e. The van der Waals surface area contributed by atoms with Crippen LogP contribution in [0.5, 0.6) is 0 Å². The molecular formula is C9H3N3S. The number of hydrogen-bond acceptors (Lipinski definition) is 4. The van der Waals surface area contributed by atoms with Gasteiger partial charge in [-0.3, -0.25) is 0 Å². The Morgan fingerprint density at radius 3 is 2.38 bits per heavy atom. The third kappa shape index (κ3) is 1.99. The first-order chi connectivity index (χ1) is 6.31. The molecule has 0 spiro atoms. The highest BCUT2D eigenvalue weighted by molar-refractivity contribution is 8.03. The molecule has 1 aromatic rings. The van der Waals surface area contributed by atoms with Gasteiger partial charge < -0.3 is 0 Å². The summed E-state index contributed by atoms with van der Waals surface area (Å²) >= 11 is 0.919. The van der Waals surface area contributed by atoms with Gasteiger partial charge in [0.1, 0.15) is 11.5 Å². The van der Waals surface area contributed by atoms with Crippen LogP contribution in [0.2, 0.25) is 0 Å². The van der Waals surface area contributed by atoms with Crippen LogP contribution in [0.4, 0.5) is 0 Å². The number of hydrogen-bond donors (Lipinski definition) is 0. The van der Waals surface area contributed by atoms with Gasteiger partial charge in [0, 0.05) is 4.90 Å². The van der Waals surface area contributed by atoms with Gasteiger partial charge in [-0.15, -0.1) is 0 Å². The summed E-state index contributed by atoms with van der Waals surface area (Å²) in [7, 11) is 0. The van der Waals surface area contributed by atoms with Crippen LogP contribution in [0.15, 0.2) is 23.1 Å². The van der Waals surface area contributed by atoms with E-state index >= 15 is 0 Å². The molecule has 0 saturated carbocycles. The Morgan fingerprint density at radius 2 is 1.85 bits per heavy atom. The molecule has 0 aliphatic carbocycles. The Morgan fingerprint density at radius 1 is 1.08 bits per heavy atom. The van der Waals surface area contributed by atoms with Crippen LogP contribution in [0.25, 0.3) is 0 Å². The van der Waals surface area contributed by atoms with Crippen LogP contribution >= 0.6 is 11.8 Å². The zero-order chi connectivity index (χ0) is 9.68. The van der Waals surface area contributed by atoms with Gasteiger partial charge in [-0.05, 0) is 30.0 Å².